The number of aliphatic imine (C=N–C) groups is 1. The van der Waals surface area contributed by atoms with Crippen molar-refractivity contribution in [3.63, 3.8) is 0 Å². The lowest BCUT2D eigenvalue weighted by Crippen LogP contribution is -2.27. The summed E-state index contributed by atoms with van der Waals surface area (Å²) < 4.78 is 0. The third-order valence-electron chi connectivity index (χ3n) is 2.88. The van der Waals surface area contributed by atoms with Gasteiger partial charge in [-0.3, -0.25) is 4.99 Å². The Balaban J connectivity index is 3.38. The fourth-order valence-corrected chi connectivity index (χ4v) is 1.95. The van der Waals surface area contributed by atoms with Crippen LogP contribution in [0.5, 0.6) is 0 Å². The minimum Gasteiger partial charge on any atom is -0.272 e. The summed E-state index contributed by atoms with van der Waals surface area (Å²) in [5.41, 5.74) is 2.16. The second kappa shape index (κ2) is 4.10. The third-order valence-corrected chi connectivity index (χ3v) is 2.88. The molecule has 1 heterocycles. The van der Waals surface area contributed by atoms with E-state index < -0.39 is 0 Å². The molecule has 2 atom stereocenters. The van der Waals surface area contributed by atoms with Crippen molar-refractivity contribution in [2.45, 2.75) is 34.6 Å². The molecule has 0 saturated carbocycles. The van der Waals surface area contributed by atoms with Gasteiger partial charge in [-0.25, -0.2) is 4.85 Å². The summed E-state index contributed by atoms with van der Waals surface area (Å²) in [6, 6.07) is 2.23. The van der Waals surface area contributed by atoms with Gasteiger partial charge >= 0.3 is 0 Å². The number of allylic oxidation sites excluding steroid dienone is 2. The van der Waals surface area contributed by atoms with Gasteiger partial charge in [0.05, 0.1) is 18.6 Å². The summed E-state index contributed by atoms with van der Waals surface area (Å²) >= 11 is 0. The predicted octanol–water partition coefficient (Wildman–Crippen LogP) is 3.41. The van der Waals surface area contributed by atoms with E-state index in [1.807, 2.05) is 34.6 Å². The number of rotatable bonds is 0. The van der Waals surface area contributed by atoms with Crippen molar-refractivity contribution in [3.05, 3.63) is 22.8 Å². The molecule has 1 unspecified atom stereocenters. The molecule has 1 aliphatic heterocycles. The van der Waals surface area contributed by atoms with Crippen molar-refractivity contribution in [2.75, 3.05) is 0 Å². The minimum atomic E-state index is -0.254. The van der Waals surface area contributed by atoms with Crippen LogP contribution in [0.1, 0.15) is 34.6 Å². The van der Waals surface area contributed by atoms with Crippen LogP contribution in [0.25, 0.3) is 4.85 Å². The van der Waals surface area contributed by atoms with Crippen molar-refractivity contribution in [2.24, 2.45) is 22.2 Å². The van der Waals surface area contributed by atoms with Crippen molar-refractivity contribution >= 4 is 5.71 Å². The Morgan fingerprint density at radius 1 is 1.44 bits per heavy atom. The Kier molecular flexibility index (Phi) is 3.19. The van der Waals surface area contributed by atoms with Crippen LogP contribution in [-0.2, 0) is 0 Å². The monoisotopic (exact) mass is 215 g/mol. The first-order valence-electron chi connectivity index (χ1n) is 5.39. The van der Waals surface area contributed by atoms with E-state index in [-0.39, 0.29) is 17.3 Å². The number of nitrogens with zero attached hydrogens (tertiary/aromatic N) is 3. The summed E-state index contributed by atoms with van der Waals surface area (Å²) in [6.45, 7) is 17.2. The van der Waals surface area contributed by atoms with Crippen LogP contribution in [-0.4, -0.2) is 5.71 Å². The van der Waals surface area contributed by atoms with Crippen LogP contribution in [0.3, 0.4) is 0 Å². The van der Waals surface area contributed by atoms with E-state index in [1.54, 1.807) is 0 Å². The molecule has 0 aromatic carbocycles. The zero-order valence-electron chi connectivity index (χ0n) is 10.5. The van der Waals surface area contributed by atoms with E-state index in [0.29, 0.717) is 5.70 Å². The zero-order valence-corrected chi connectivity index (χ0v) is 10.5. The molecule has 0 saturated heterocycles. The highest BCUT2D eigenvalue weighted by molar-refractivity contribution is 5.89. The maximum absolute atomic E-state index is 9.08. The molecule has 0 aromatic heterocycles. The van der Waals surface area contributed by atoms with Gasteiger partial charge in [0.1, 0.15) is 0 Å². The van der Waals surface area contributed by atoms with E-state index >= 15 is 0 Å². The van der Waals surface area contributed by atoms with Crippen LogP contribution in [0.2, 0.25) is 0 Å². The maximum atomic E-state index is 9.08. The van der Waals surface area contributed by atoms with Gasteiger partial charge in [-0.05, 0) is 12.3 Å². The molecule has 1 rings (SSSR count). The van der Waals surface area contributed by atoms with Crippen LogP contribution >= 0.6 is 0 Å². The molecule has 0 aliphatic carbocycles. The molecule has 0 aromatic rings. The zero-order chi connectivity index (χ0) is 12.5. The van der Waals surface area contributed by atoms with Gasteiger partial charge in [0.2, 0.25) is 0 Å². The lowest BCUT2D eigenvalue weighted by atomic mass is 9.80. The molecule has 0 N–H and O–H groups in total. The lowest BCUT2D eigenvalue weighted by molar-refractivity contribution is 0.467. The van der Waals surface area contributed by atoms with Crippen molar-refractivity contribution in [1.82, 2.24) is 0 Å². The average molecular weight is 215 g/mol. The van der Waals surface area contributed by atoms with Gasteiger partial charge in [-0.15, -0.1) is 0 Å². The minimum absolute atomic E-state index is 0.0470. The molecule has 16 heavy (non-hydrogen) atoms. The molecule has 0 amide bonds. The van der Waals surface area contributed by atoms with Crippen molar-refractivity contribution in [1.29, 1.82) is 5.26 Å². The van der Waals surface area contributed by atoms with E-state index in [4.69, 9.17) is 11.8 Å². The van der Waals surface area contributed by atoms with E-state index in [1.165, 1.54) is 0 Å². The molecule has 84 valence electrons. The standard InChI is InChI=1S/C13H17N3/c1-8-10(7-14)9(2)16-12(11(8)15-6)13(3,4)5/h8,10H,1-5H3/t8-,10?/m1/s1. The van der Waals surface area contributed by atoms with Crippen LogP contribution in [0.15, 0.2) is 16.4 Å². The van der Waals surface area contributed by atoms with Gasteiger partial charge < -0.3 is 0 Å². The van der Waals surface area contributed by atoms with Gasteiger partial charge in [-0.2, -0.15) is 5.26 Å². The van der Waals surface area contributed by atoms with Crippen LogP contribution < -0.4 is 0 Å². The second-order valence-corrected chi connectivity index (χ2v) is 5.24. The Morgan fingerprint density at radius 2 is 2.00 bits per heavy atom. The van der Waals surface area contributed by atoms with E-state index in [9.17, 15) is 0 Å². The Bertz CT molecular complexity index is 435. The first-order chi connectivity index (χ1) is 7.32. The summed E-state index contributed by atoms with van der Waals surface area (Å²) in [7, 11) is 0. The normalized spacial score (nSPS) is 25.8. The van der Waals surface area contributed by atoms with Crippen molar-refractivity contribution < 1.29 is 0 Å². The van der Waals surface area contributed by atoms with Crippen LogP contribution in [0.4, 0.5) is 0 Å². The van der Waals surface area contributed by atoms with Gasteiger partial charge in [0.15, 0.2) is 5.70 Å². The Hall–Kier alpha value is -1.61. The van der Waals surface area contributed by atoms with Crippen molar-refractivity contribution in [3.8, 4) is 6.07 Å². The maximum Gasteiger partial charge on any atom is 0.191 e. The van der Waals surface area contributed by atoms with Gasteiger partial charge in [0, 0.05) is 17.3 Å². The first kappa shape index (κ1) is 12.5. The quantitative estimate of drug-likeness (QED) is 0.571. The molecular formula is C13H17N3. The summed E-state index contributed by atoms with van der Waals surface area (Å²) in [6.07, 6.45) is 0. The fourth-order valence-electron chi connectivity index (χ4n) is 1.95. The number of hydrogen-bond donors (Lipinski definition) is 0. The van der Waals surface area contributed by atoms with Gasteiger partial charge in [-0.1, -0.05) is 27.7 Å². The first-order valence-corrected chi connectivity index (χ1v) is 5.39. The molecule has 0 fully saturated rings. The SMILES string of the molecule is [C-]#[N+]C1=C(C(C)(C)C)N=C(C)C(C#N)[C@H]1C. The Labute approximate surface area is 97.3 Å². The Morgan fingerprint density at radius 3 is 2.38 bits per heavy atom. The number of nitriles is 1. The van der Waals surface area contributed by atoms with E-state index in [2.05, 4.69) is 15.9 Å². The smallest absolute Gasteiger partial charge is 0.191 e. The topological polar surface area (TPSA) is 40.5 Å². The third kappa shape index (κ3) is 1.99. The lowest BCUT2D eigenvalue weighted by Gasteiger charge is -2.30. The molecule has 3 heteroatoms. The molecule has 0 spiro atoms. The molecule has 3 nitrogen and oxygen atoms in total. The summed E-state index contributed by atoms with van der Waals surface area (Å²) in [5, 5.41) is 9.08. The number of hydrogen-bond acceptors (Lipinski definition) is 2. The second-order valence-electron chi connectivity index (χ2n) is 5.24. The molecular weight excluding hydrogens is 198 g/mol. The van der Waals surface area contributed by atoms with E-state index in [0.717, 1.165) is 11.4 Å². The fraction of sp³-hybridized carbons (Fsp3) is 0.615. The molecule has 0 radical (unpaired) electrons. The van der Waals surface area contributed by atoms with Gasteiger partial charge in [0.25, 0.3) is 0 Å². The largest absolute Gasteiger partial charge is 0.272 e. The molecule has 0 bridgehead atoms. The highest BCUT2D eigenvalue weighted by Gasteiger charge is 2.34. The summed E-state index contributed by atoms with van der Waals surface area (Å²) in [5.74, 6) is -0.301. The molecule has 1 aliphatic rings. The highest BCUT2D eigenvalue weighted by atomic mass is 14.9. The average Bonchev–Trinajstić information content (AvgIpc) is 2.16. The van der Waals surface area contributed by atoms with Crippen LogP contribution in [0, 0.1) is 35.2 Å². The summed E-state index contributed by atoms with van der Waals surface area (Å²) in [4.78, 5) is 8.05. The highest BCUT2D eigenvalue weighted by Crippen LogP contribution is 2.39. The predicted molar refractivity (Wildman–Crippen MR) is 64.5 cm³/mol.